The Bertz CT molecular complexity index is 1020. The summed E-state index contributed by atoms with van der Waals surface area (Å²) in [6.45, 7) is 4.96. The predicted molar refractivity (Wildman–Crippen MR) is 111 cm³/mol. The second-order valence-electron chi connectivity index (χ2n) is 7.93. The zero-order valence-corrected chi connectivity index (χ0v) is 17.0. The molecule has 3 aliphatic rings. The van der Waals surface area contributed by atoms with Gasteiger partial charge in [-0.3, -0.25) is 19.8 Å². The second-order valence-corrected chi connectivity index (χ2v) is 7.93. The maximum atomic E-state index is 12.8. The van der Waals surface area contributed by atoms with Gasteiger partial charge in [-0.1, -0.05) is 12.1 Å². The molecule has 5 rings (SSSR count). The van der Waals surface area contributed by atoms with Gasteiger partial charge < -0.3 is 4.90 Å². The molecule has 3 aliphatic heterocycles. The number of rotatable bonds is 4. The van der Waals surface area contributed by atoms with E-state index in [1.807, 2.05) is 24.3 Å². The van der Waals surface area contributed by atoms with E-state index in [1.165, 1.54) is 10.0 Å². The molecule has 0 atom stereocenters. The number of fused-ring (bicyclic) bond motifs is 1. The molecule has 0 spiro atoms. The number of hydrazine groups is 1. The van der Waals surface area contributed by atoms with E-state index >= 15 is 0 Å². The van der Waals surface area contributed by atoms with E-state index in [0.29, 0.717) is 12.1 Å². The van der Waals surface area contributed by atoms with Gasteiger partial charge in [0, 0.05) is 50.9 Å². The van der Waals surface area contributed by atoms with Gasteiger partial charge in [-0.2, -0.15) is 5.10 Å². The molecule has 1 aromatic heterocycles. The number of piperazine rings is 1. The monoisotopic (exact) mass is 421 g/mol. The Labute approximate surface area is 179 Å². The zero-order chi connectivity index (χ0) is 21.4. The second kappa shape index (κ2) is 7.95. The highest BCUT2D eigenvalue weighted by atomic mass is 16.2. The molecule has 0 radical (unpaired) electrons. The van der Waals surface area contributed by atoms with Crippen molar-refractivity contribution in [2.75, 3.05) is 37.6 Å². The lowest BCUT2D eigenvalue weighted by Crippen LogP contribution is -2.56. The highest BCUT2D eigenvalue weighted by Crippen LogP contribution is 2.27. The van der Waals surface area contributed by atoms with Gasteiger partial charge in [-0.05, 0) is 29.3 Å². The van der Waals surface area contributed by atoms with E-state index in [2.05, 4.69) is 31.4 Å². The van der Waals surface area contributed by atoms with Crippen molar-refractivity contribution in [3.05, 3.63) is 53.2 Å². The molecule has 10 nitrogen and oxygen atoms in total. The smallest absolute Gasteiger partial charge is 0.342 e. The quantitative estimate of drug-likeness (QED) is 0.772. The van der Waals surface area contributed by atoms with Crippen molar-refractivity contribution in [1.82, 2.24) is 30.4 Å². The minimum absolute atomic E-state index is 0.192. The van der Waals surface area contributed by atoms with Crippen LogP contribution in [0.15, 0.2) is 36.5 Å². The molecule has 31 heavy (non-hydrogen) atoms. The first kappa shape index (κ1) is 19.4. The summed E-state index contributed by atoms with van der Waals surface area (Å²) in [4.78, 5) is 40.9. The Morgan fingerprint density at radius 2 is 1.81 bits per heavy atom. The Hall–Kier alpha value is -3.53. The summed E-state index contributed by atoms with van der Waals surface area (Å²) >= 11 is 0. The number of aromatic nitrogens is 2. The number of hydrogen-bond donors (Lipinski definition) is 1. The topological polar surface area (TPSA) is 102 Å². The van der Waals surface area contributed by atoms with Crippen LogP contribution < -0.4 is 10.2 Å². The molecule has 0 saturated carbocycles. The van der Waals surface area contributed by atoms with Crippen LogP contribution in [0.2, 0.25) is 0 Å². The first-order chi connectivity index (χ1) is 15.1. The molecule has 0 aliphatic carbocycles. The van der Waals surface area contributed by atoms with Crippen LogP contribution in [0.25, 0.3) is 0 Å². The molecular weight excluding hydrogens is 398 g/mol. The normalized spacial score (nSPS) is 19.6. The number of nitrogens with zero attached hydrogens (tertiary/aromatic N) is 6. The van der Waals surface area contributed by atoms with Crippen molar-refractivity contribution < 1.29 is 14.4 Å². The minimum atomic E-state index is -0.543. The van der Waals surface area contributed by atoms with E-state index in [0.717, 1.165) is 49.7 Å². The first-order valence-corrected chi connectivity index (χ1v) is 10.4. The Balaban J connectivity index is 1.22. The third kappa shape index (κ3) is 3.81. The van der Waals surface area contributed by atoms with Crippen LogP contribution in [0, 0.1) is 0 Å². The van der Waals surface area contributed by atoms with Gasteiger partial charge in [-0.25, -0.2) is 14.8 Å². The van der Waals surface area contributed by atoms with E-state index in [-0.39, 0.29) is 24.8 Å². The number of urea groups is 1. The number of anilines is 1. The number of hydrogen-bond acceptors (Lipinski definition) is 7. The molecule has 1 N–H and O–H groups in total. The third-order valence-electron chi connectivity index (χ3n) is 5.94. The van der Waals surface area contributed by atoms with Crippen LogP contribution in [0.4, 0.5) is 10.6 Å². The number of nitrogens with one attached hydrogen (secondary N) is 1. The molecule has 4 amide bonds. The lowest BCUT2D eigenvalue weighted by Gasteiger charge is -2.35. The maximum Gasteiger partial charge on any atom is 0.342 e. The average molecular weight is 421 g/mol. The van der Waals surface area contributed by atoms with E-state index in [9.17, 15) is 14.4 Å². The largest absolute Gasteiger partial charge is 0.353 e. The lowest BCUT2D eigenvalue weighted by atomic mass is 10.1. The third-order valence-corrected chi connectivity index (χ3v) is 5.94. The summed E-state index contributed by atoms with van der Waals surface area (Å²) in [7, 11) is 0. The summed E-state index contributed by atoms with van der Waals surface area (Å²) < 4.78 is 0. The van der Waals surface area contributed by atoms with Crippen molar-refractivity contribution in [3.63, 3.8) is 0 Å². The van der Waals surface area contributed by atoms with Crippen LogP contribution >= 0.6 is 0 Å². The van der Waals surface area contributed by atoms with E-state index < -0.39 is 6.03 Å². The van der Waals surface area contributed by atoms with Crippen molar-refractivity contribution in [3.8, 4) is 0 Å². The summed E-state index contributed by atoms with van der Waals surface area (Å²) in [6.07, 6.45) is 1.87. The molecule has 0 unspecified atom stereocenters. The van der Waals surface area contributed by atoms with E-state index in [1.54, 1.807) is 6.20 Å². The SMILES string of the molecule is O=C1CCN(N2Cc3cc(CN4CCN(c5cccnn5)CC4)ccc3C2=O)C(=O)N1. The molecule has 1 aromatic carbocycles. The molecule has 2 fully saturated rings. The Morgan fingerprint density at radius 1 is 0.968 bits per heavy atom. The fraction of sp³-hybridized carbons (Fsp3) is 0.381. The van der Waals surface area contributed by atoms with Crippen molar-refractivity contribution >= 4 is 23.7 Å². The van der Waals surface area contributed by atoms with Gasteiger partial charge >= 0.3 is 6.03 Å². The summed E-state index contributed by atoms with van der Waals surface area (Å²) in [6, 6.07) is 9.21. The van der Waals surface area contributed by atoms with Crippen LogP contribution in [0.3, 0.4) is 0 Å². The van der Waals surface area contributed by atoms with Crippen LogP contribution in [-0.2, 0) is 17.9 Å². The molecule has 10 heteroatoms. The Morgan fingerprint density at radius 3 is 2.55 bits per heavy atom. The molecule has 4 heterocycles. The fourth-order valence-electron chi connectivity index (χ4n) is 4.29. The summed E-state index contributed by atoms with van der Waals surface area (Å²) in [5.41, 5.74) is 2.66. The van der Waals surface area contributed by atoms with Gasteiger partial charge in [0.1, 0.15) is 0 Å². The summed E-state index contributed by atoms with van der Waals surface area (Å²) in [5, 5.41) is 13.2. The highest BCUT2D eigenvalue weighted by molar-refractivity contribution is 6.01. The molecule has 0 bridgehead atoms. The van der Waals surface area contributed by atoms with Gasteiger partial charge in [-0.15, -0.1) is 5.10 Å². The first-order valence-electron chi connectivity index (χ1n) is 10.4. The Kier molecular flexibility index (Phi) is 4.99. The molecule has 2 aromatic rings. The van der Waals surface area contributed by atoms with Gasteiger partial charge in [0.05, 0.1) is 13.1 Å². The molecule has 160 valence electrons. The fourth-order valence-corrected chi connectivity index (χ4v) is 4.29. The van der Waals surface area contributed by atoms with Gasteiger partial charge in [0.15, 0.2) is 5.82 Å². The van der Waals surface area contributed by atoms with Crippen LogP contribution in [-0.4, -0.2) is 75.7 Å². The highest BCUT2D eigenvalue weighted by Gasteiger charge is 2.36. The molecular formula is C21H23N7O3. The van der Waals surface area contributed by atoms with Crippen molar-refractivity contribution in [2.45, 2.75) is 19.5 Å². The van der Waals surface area contributed by atoms with Gasteiger partial charge in [0.2, 0.25) is 5.91 Å². The minimum Gasteiger partial charge on any atom is -0.353 e. The lowest BCUT2D eigenvalue weighted by molar-refractivity contribution is -0.123. The van der Waals surface area contributed by atoms with Gasteiger partial charge in [0.25, 0.3) is 5.91 Å². The van der Waals surface area contributed by atoms with Crippen molar-refractivity contribution in [1.29, 1.82) is 0 Å². The molecule has 2 saturated heterocycles. The number of imide groups is 1. The predicted octanol–water partition coefficient (Wildman–Crippen LogP) is 0.611. The van der Waals surface area contributed by atoms with Crippen LogP contribution in [0.5, 0.6) is 0 Å². The maximum absolute atomic E-state index is 12.8. The van der Waals surface area contributed by atoms with Crippen LogP contribution in [0.1, 0.15) is 27.9 Å². The van der Waals surface area contributed by atoms with E-state index in [4.69, 9.17) is 0 Å². The number of carbonyl (C=O) groups excluding carboxylic acids is 3. The average Bonchev–Trinajstić information content (AvgIpc) is 3.10. The standard InChI is InChI=1S/C21H23N7O3/c29-19-5-7-27(21(31)23-19)28-14-16-12-15(3-4-17(16)20(28)30)13-25-8-10-26(11-9-25)18-2-1-6-22-24-18/h1-4,6,12H,5,7-11,13-14H2,(H,23,29,31). The number of amides is 4. The van der Waals surface area contributed by atoms with Crippen molar-refractivity contribution in [2.24, 2.45) is 0 Å². The summed E-state index contributed by atoms with van der Waals surface area (Å²) in [5.74, 6) is 0.387. The zero-order valence-electron chi connectivity index (χ0n) is 17.0. The number of benzene rings is 1. The number of carbonyl (C=O) groups is 3.